The zero-order chi connectivity index (χ0) is 6.41. The van der Waals surface area contributed by atoms with Gasteiger partial charge < -0.3 is 7.59 Å². The van der Waals surface area contributed by atoms with Crippen LogP contribution in [-0.4, -0.2) is 55.9 Å². The Morgan fingerprint density at radius 1 is 2.00 bits per heavy atom. The summed E-state index contributed by atoms with van der Waals surface area (Å²) in [5.74, 6) is 0.0459. The average Bonchev–Trinajstić information content (AvgIpc) is 1.83. The van der Waals surface area contributed by atoms with E-state index in [0.29, 0.717) is 5.94 Å². The molecule has 0 rings (SSSR count). The van der Waals surface area contributed by atoms with Crippen molar-refractivity contribution in [3.05, 3.63) is 12.7 Å². The van der Waals surface area contributed by atoms with E-state index in [4.69, 9.17) is 0 Å². The molecule has 4 heteroatoms. The van der Waals surface area contributed by atoms with Crippen LogP contribution in [0.3, 0.4) is 0 Å². The smallest absolute Gasteiger partial charge is 1.00 e. The Morgan fingerprint density at radius 2 is 2.56 bits per heavy atom. The van der Waals surface area contributed by atoms with Crippen molar-refractivity contribution >= 4 is 55.5 Å². The minimum Gasteiger partial charge on any atom is -1.00 e. The second-order valence-corrected chi connectivity index (χ2v) is 1.89. The molecule has 0 amide bonds. The van der Waals surface area contributed by atoms with Gasteiger partial charge in [-0.2, -0.15) is 0 Å². The molecule has 0 aliphatic rings. The third kappa shape index (κ3) is 8.82. The maximum Gasteiger partial charge on any atom is 2.00 e. The normalized spacial score (nSPS) is 7.22. The molecule has 0 bridgehead atoms. The van der Waals surface area contributed by atoms with Gasteiger partial charge in [0.25, 0.3) is 0 Å². The molecule has 0 atom stereocenters. The summed E-state index contributed by atoms with van der Waals surface area (Å²) in [4.78, 5) is 10.2. The SMILES string of the molecule is C=CC(=O)OCSC.[Ca+2].[H-].[H-]. The van der Waals surface area contributed by atoms with Crippen LogP contribution >= 0.6 is 11.8 Å². The minimum absolute atomic E-state index is 0. The molecule has 0 heterocycles. The first-order chi connectivity index (χ1) is 3.81. The third-order valence-corrected chi connectivity index (χ3v) is 0.839. The second kappa shape index (κ2) is 8.82. The van der Waals surface area contributed by atoms with Crippen LogP contribution in [0.2, 0.25) is 0 Å². The molecule has 0 aromatic carbocycles. The van der Waals surface area contributed by atoms with Gasteiger partial charge in [0.1, 0.15) is 5.94 Å². The molecule has 0 N–H and O–H groups in total. The molecule has 0 radical (unpaired) electrons. The summed E-state index contributed by atoms with van der Waals surface area (Å²) < 4.78 is 4.55. The fourth-order valence-electron chi connectivity index (χ4n) is 0.176. The number of hydrogen-bond acceptors (Lipinski definition) is 3. The zero-order valence-electron chi connectivity index (χ0n) is 7.42. The molecule has 0 saturated carbocycles. The van der Waals surface area contributed by atoms with Crippen LogP contribution in [-0.2, 0) is 9.53 Å². The van der Waals surface area contributed by atoms with Crippen molar-refractivity contribution in [2.45, 2.75) is 0 Å². The summed E-state index contributed by atoms with van der Waals surface area (Å²) >= 11 is 1.45. The van der Waals surface area contributed by atoms with E-state index in [2.05, 4.69) is 11.3 Å². The number of esters is 1. The fourth-order valence-corrected chi connectivity index (χ4v) is 0.410. The van der Waals surface area contributed by atoms with Gasteiger partial charge in [0, 0.05) is 6.08 Å². The van der Waals surface area contributed by atoms with Crippen LogP contribution in [0, 0.1) is 0 Å². The predicted octanol–water partition coefficient (Wildman–Crippen LogP) is 0.880. The van der Waals surface area contributed by atoms with Crippen LogP contribution in [0.25, 0.3) is 0 Å². The maximum atomic E-state index is 10.2. The summed E-state index contributed by atoms with van der Waals surface area (Å²) in [6.45, 7) is 3.23. The monoisotopic (exact) mass is 174 g/mol. The van der Waals surface area contributed by atoms with Crippen molar-refractivity contribution in [2.75, 3.05) is 12.2 Å². The van der Waals surface area contributed by atoms with Gasteiger partial charge in [-0.1, -0.05) is 6.58 Å². The average molecular weight is 174 g/mol. The first-order valence-electron chi connectivity index (χ1n) is 2.09. The largest absolute Gasteiger partial charge is 2.00 e. The Kier molecular flexibility index (Phi) is 12.2. The van der Waals surface area contributed by atoms with Crippen molar-refractivity contribution in [3.8, 4) is 0 Å². The number of carbonyl (C=O) groups excluding carboxylic acids is 1. The number of ether oxygens (including phenoxy) is 1. The van der Waals surface area contributed by atoms with E-state index in [-0.39, 0.29) is 46.6 Å². The Bertz CT molecular complexity index is 102. The molecule has 0 saturated heterocycles. The van der Waals surface area contributed by atoms with E-state index in [9.17, 15) is 4.79 Å². The number of rotatable bonds is 3. The van der Waals surface area contributed by atoms with Gasteiger partial charge in [0.2, 0.25) is 0 Å². The Hall–Kier alpha value is 0.820. The topological polar surface area (TPSA) is 26.3 Å². The van der Waals surface area contributed by atoms with Crippen LogP contribution < -0.4 is 0 Å². The number of thioether (sulfide) groups is 1. The molecule has 0 unspecified atom stereocenters. The van der Waals surface area contributed by atoms with Gasteiger partial charge in [-0.25, -0.2) is 4.79 Å². The summed E-state index contributed by atoms with van der Waals surface area (Å²) in [5.41, 5.74) is 0. The molecule has 50 valence electrons. The maximum absolute atomic E-state index is 10.2. The molecule has 0 fully saturated rings. The van der Waals surface area contributed by atoms with Crippen molar-refractivity contribution < 1.29 is 12.4 Å². The van der Waals surface area contributed by atoms with E-state index in [1.54, 1.807) is 0 Å². The molecule has 2 nitrogen and oxygen atoms in total. The van der Waals surface area contributed by atoms with E-state index < -0.39 is 0 Å². The Morgan fingerprint density at radius 3 is 2.89 bits per heavy atom. The molecule has 0 spiro atoms. The zero-order valence-corrected chi connectivity index (χ0v) is 8.45. The van der Waals surface area contributed by atoms with E-state index >= 15 is 0 Å². The third-order valence-electron chi connectivity index (χ3n) is 0.486. The van der Waals surface area contributed by atoms with Gasteiger partial charge in [0.15, 0.2) is 0 Å². The van der Waals surface area contributed by atoms with Gasteiger partial charge in [-0.15, -0.1) is 11.8 Å². The molecule has 9 heavy (non-hydrogen) atoms. The fraction of sp³-hybridized carbons (Fsp3) is 0.400. The van der Waals surface area contributed by atoms with Gasteiger partial charge in [-0.05, 0) is 6.26 Å². The summed E-state index contributed by atoms with van der Waals surface area (Å²) in [6, 6.07) is 0. The van der Waals surface area contributed by atoms with E-state index in [1.807, 2.05) is 6.26 Å². The molecule has 0 aliphatic carbocycles. The van der Waals surface area contributed by atoms with Crippen LogP contribution in [0.4, 0.5) is 0 Å². The van der Waals surface area contributed by atoms with Crippen LogP contribution in [0.5, 0.6) is 0 Å². The van der Waals surface area contributed by atoms with E-state index in [1.165, 1.54) is 11.8 Å². The van der Waals surface area contributed by atoms with Crippen molar-refractivity contribution in [1.29, 1.82) is 0 Å². The van der Waals surface area contributed by atoms with Crippen molar-refractivity contribution in [2.24, 2.45) is 0 Å². The summed E-state index contributed by atoms with van der Waals surface area (Å²) in [7, 11) is 0. The first-order valence-corrected chi connectivity index (χ1v) is 3.48. The van der Waals surface area contributed by atoms with Crippen LogP contribution in [0.15, 0.2) is 12.7 Å². The predicted molar refractivity (Wildman–Crippen MR) is 42.6 cm³/mol. The summed E-state index contributed by atoms with van der Waals surface area (Å²) in [6.07, 6.45) is 3.01. The molecular formula is C5H10CaO2S. The van der Waals surface area contributed by atoms with Gasteiger partial charge in [-0.3, -0.25) is 0 Å². The Labute approximate surface area is 92.0 Å². The summed E-state index contributed by atoms with van der Waals surface area (Å²) in [5, 5.41) is 0. The molecule has 0 aliphatic heterocycles. The quantitative estimate of drug-likeness (QED) is 0.275. The molecule has 0 aromatic heterocycles. The van der Waals surface area contributed by atoms with Crippen LogP contribution in [0.1, 0.15) is 2.85 Å². The number of hydrogen-bond donors (Lipinski definition) is 0. The molecule has 0 aromatic rings. The minimum atomic E-state index is -0.362. The van der Waals surface area contributed by atoms with Gasteiger partial charge in [0.05, 0.1) is 0 Å². The van der Waals surface area contributed by atoms with Crippen molar-refractivity contribution in [3.63, 3.8) is 0 Å². The second-order valence-electron chi connectivity index (χ2n) is 1.07. The first kappa shape index (κ1) is 12.5. The van der Waals surface area contributed by atoms with E-state index in [0.717, 1.165) is 6.08 Å². The number of carbonyl (C=O) groups is 1. The van der Waals surface area contributed by atoms with Crippen molar-refractivity contribution in [1.82, 2.24) is 0 Å². The molecular weight excluding hydrogens is 164 g/mol. The van der Waals surface area contributed by atoms with Gasteiger partial charge >= 0.3 is 43.7 Å². The standard InChI is InChI=1S/C5H8O2S.Ca.2H/c1-3-5(6)7-4-8-2;;;/h3H,1,4H2,2H3;;;/q;+2;2*-1. The Balaban J connectivity index is -0.0000000817.